The van der Waals surface area contributed by atoms with E-state index in [1.54, 1.807) is 54.6 Å². The third kappa shape index (κ3) is 5.13. The summed E-state index contributed by atoms with van der Waals surface area (Å²) in [5, 5.41) is 19.0. The van der Waals surface area contributed by atoms with Crippen molar-refractivity contribution in [2.45, 2.75) is 16.1 Å². The predicted octanol–water partition coefficient (Wildman–Crippen LogP) is 6.29. The minimum Gasteiger partial charge on any atom is -0.503 e. The molecule has 1 aliphatic heterocycles. The van der Waals surface area contributed by atoms with E-state index in [0.29, 0.717) is 9.90 Å². The maximum absolute atomic E-state index is 15.0. The Bertz CT molecular complexity index is 1570. The summed E-state index contributed by atoms with van der Waals surface area (Å²) in [7, 11) is 0. The van der Waals surface area contributed by atoms with Crippen LogP contribution in [0.5, 0.6) is 0 Å². The van der Waals surface area contributed by atoms with E-state index >= 15 is 0 Å². The number of ketones is 1. The number of nitrogens with zero attached hydrogens (tertiary/aromatic N) is 3. The summed E-state index contributed by atoms with van der Waals surface area (Å²) in [4.78, 5) is 27.6. The number of aromatic nitrogens is 2. The van der Waals surface area contributed by atoms with Crippen molar-refractivity contribution in [1.82, 2.24) is 10.2 Å². The maximum Gasteiger partial charge on any atom is 0.296 e. The summed E-state index contributed by atoms with van der Waals surface area (Å²) in [6, 6.07) is 19.8. The molecule has 0 fully saturated rings. The van der Waals surface area contributed by atoms with E-state index in [9.17, 15) is 23.5 Å². The van der Waals surface area contributed by atoms with Gasteiger partial charge in [0.15, 0.2) is 15.9 Å². The molecule has 2 heterocycles. The number of aliphatic hydroxyl groups is 1. The molecule has 1 aromatic heterocycles. The Morgan fingerprint density at radius 3 is 2.39 bits per heavy atom. The SMILES string of the molecule is O=C(/C=C/c1ccccc1)C1=C(O)C(=O)N(c2nnc(SCc3ccccc3F)s2)C1c1ccccc1F. The minimum atomic E-state index is -1.26. The summed E-state index contributed by atoms with van der Waals surface area (Å²) in [5.41, 5.74) is 0.985. The van der Waals surface area contributed by atoms with Crippen LogP contribution in [0.25, 0.3) is 6.08 Å². The third-order valence-corrected chi connectivity index (χ3v) is 7.92. The number of hydrogen-bond acceptors (Lipinski definition) is 7. The normalized spacial score (nSPS) is 15.6. The lowest BCUT2D eigenvalue weighted by Crippen LogP contribution is -2.31. The first kappa shape index (κ1) is 25.5. The van der Waals surface area contributed by atoms with Crippen molar-refractivity contribution in [1.29, 1.82) is 0 Å². The van der Waals surface area contributed by atoms with E-state index in [-0.39, 0.29) is 27.8 Å². The number of anilines is 1. The molecule has 38 heavy (non-hydrogen) atoms. The molecule has 3 aromatic carbocycles. The molecule has 190 valence electrons. The first-order valence-electron chi connectivity index (χ1n) is 11.4. The fourth-order valence-electron chi connectivity index (χ4n) is 3.98. The van der Waals surface area contributed by atoms with Gasteiger partial charge in [0.25, 0.3) is 5.91 Å². The van der Waals surface area contributed by atoms with Crippen molar-refractivity contribution in [3.05, 3.63) is 125 Å². The van der Waals surface area contributed by atoms with Gasteiger partial charge >= 0.3 is 0 Å². The lowest BCUT2D eigenvalue weighted by Gasteiger charge is -2.24. The van der Waals surface area contributed by atoms with E-state index in [4.69, 9.17) is 0 Å². The van der Waals surface area contributed by atoms with Gasteiger partial charge in [-0.1, -0.05) is 95.9 Å². The Hall–Kier alpha value is -4.15. The number of carbonyl (C=O) groups is 2. The molecule has 1 N–H and O–H groups in total. The highest BCUT2D eigenvalue weighted by Crippen LogP contribution is 2.44. The summed E-state index contributed by atoms with van der Waals surface area (Å²) >= 11 is 2.24. The molecule has 0 aliphatic carbocycles. The molecule has 0 saturated heterocycles. The van der Waals surface area contributed by atoms with E-state index in [2.05, 4.69) is 10.2 Å². The van der Waals surface area contributed by atoms with Crippen molar-refractivity contribution < 1.29 is 23.5 Å². The van der Waals surface area contributed by atoms with Gasteiger partial charge in [-0.25, -0.2) is 8.78 Å². The molecule has 0 spiro atoms. The molecule has 1 unspecified atom stereocenters. The van der Waals surface area contributed by atoms with Crippen molar-refractivity contribution in [3.8, 4) is 0 Å². The third-order valence-electron chi connectivity index (χ3n) is 5.81. The maximum atomic E-state index is 15.0. The molecule has 0 saturated carbocycles. The lowest BCUT2D eigenvalue weighted by atomic mass is 9.95. The Labute approximate surface area is 225 Å². The highest BCUT2D eigenvalue weighted by Gasteiger charge is 2.46. The molecule has 6 nitrogen and oxygen atoms in total. The lowest BCUT2D eigenvalue weighted by molar-refractivity contribution is -0.117. The molecule has 1 atom stereocenters. The van der Waals surface area contributed by atoms with Crippen LogP contribution in [-0.4, -0.2) is 27.0 Å². The fraction of sp³-hybridized carbons (Fsp3) is 0.0714. The summed E-state index contributed by atoms with van der Waals surface area (Å²) < 4.78 is 29.4. The number of benzene rings is 3. The Morgan fingerprint density at radius 1 is 0.974 bits per heavy atom. The Morgan fingerprint density at radius 2 is 1.66 bits per heavy atom. The topological polar surface area (TPSA) is 83.4 Å². The van der Waals surface area contributed by atoms with E-state index in [1.165, 1.54) is 42.1 Å². The summed E-state index contributed by atoms with van der Waals surface area (Å²) in [6.07, 6.45) is 2.79. The molecule has 0 bridgehead atoms. The van der Waals surface area contributed by atoms with Gasteiger partial charge in [0.1, 0.15) is 17.7 Å². The molecule has 1 amide bonds. The van der Waals surface area contributed by atoms with Crippen LogP contribution in [0.15, 0.2) is 101 Å². The number of hydrogen-bond donors (Lipinski definition) is 1. The van der Waals surface area contributed by atoms with Crippen molar-refractivity contribution in [3.63, 3.8) is 0 Å². The van der Waals surface area contributed by atoms with Crippen LogP contribution in [0.4, 0.5) is 13.9 Å². The van der Waals surface area contributed by atoms with Crippen LogP contribution >= 0.6 is 23.1 Å². The average Bonchev–Trinajstić information content (AvgIpc) is 3.49. The molecule has 5 rings (SSSR count). The Balaban J connectivity index is 1.47. The second-order valence-corrected chi connectivity index (χ2v) is 10.4. The number of carbonyl (C=O) groups excluding carboxylic acids is 2. The van der Waals surface area contributed by atoms with Crippen LogP contribution in [0, 0.1) is 11.6 Å². The monoisotopic (exact) mass is 547 g/mol. The second-order valence-electron chi connectivity index (χ2n) is 8.20. The average molecular weight is 548 g/mol. The summed E-state index contributed by atoms with van der Waals surface area (Å²) in [5.74, 6) is -3.04. The molecule has 1 aliphatic rings. The van der Waals surface area contributed by atoms with Crippen LogP contribution in [0.3, 0.4) is 0 Å². The molecular weight excluding hydrogens is 528 g/mol. The van der Waals surface area contributed by atoms with Crippen molar-refractivity contribution >= 4 is 46.0 Å². The zero-order valence-electron chi connectivity index (χ0n) is 19.6. The smallest absolute Gasteiger partial charge is 0.296 e. The number of rotatable bonds is 8. The van der Waals surface area contributed by atoms with Gasteiger partial charge in [-0.05, 0) is 29.3 Å². The van der Waals surface area contributed by atoms with E-state index in [1.807, 2.05) is 6.07 Å². The van der Waals surface area contributed by atoms with E-state index in [0.717, 1.165) is 21.8 Å². The zero-order chi connectivity index (χ0) is 26.6. The van der Waals surface area contributed by atoms with Gasteiger partial charge in [-0.2, -0.15) is 0 Å². The van der Waals surface area contributed by atoms with Gasteiger partial charge in [-0.15, -0.1) is 10.2 Å². The van der Waals surface area contributed by atoms with Crippen LogP contribution in [-0.2, 0) is 15.3 Å². The minimum absolute atomic E-state index is 0.0251. The predicted molar refractivity (Wildman–Crippen MR) is 143 cm³/mol. The quantitative estimate of drug-likeness (QED) is 0.159. The zero-order valence-corrected chi connectivity index (χ0v) is 21.3. The second kappa shape index (κ2) is 11.1. The first-order chi connectivity index (χ1) is 18.4. The van der Waals surface area contributed by atoms with Gasteiger partial charge in [0.05, 0.1) is 5.57 Å². The fourth-order valence-corrected chi connectivity index (χ4v) is 5.84. The summed E-state index contributed by atoms with van der Waals surface area (Å²) in [6.45, 7) is 0. The number of aliphatic hydroxyl groups excluding tert-OH is 1. The van der Waals surface area contributed by atoms with Crippen molar-refractivity contribution in [2.24, 2.45) is 0 Å². The van der Waals surface area contributed by atoms with Gasteiger partial charge in [0.2, 0.25) is 5.13 Å². The number of thioether (sulfide) groups is 1. The number of allylic oxidation sites excluding steroid dienone is 1. The van der Waals surface area contributed by atoms with Gasteiger partial charge in [-0.3, -0.25) is 14.5 Å². The highest BCUT2D eigenvalue weighted by atomic mass is 32.2. The standard InChI is InChI=1S/C28H19F2N3O3S2/c29-20-12-6-4-10-18(20)16-37-28-32-31-27(38-28)33-24(19-11-5-7-13-21(19)30)23(25(35)26(33)36)22(34)15-14-17-8-2-1-3-9-17/h1-15,24,35H,16H2/b15-14+. The first-order valence-corrected chi connectivity index (χ1v) is 13.2. The van der Waals surface area contributed by atoms with Gasteiger partial charge in [0, 0.05) is 11.3 Å². The van der Waals surface area contributed by atoms with Crippen molar-refractivity contribution in [2.75, 3.05) is 4.90 Å². The number of halogens is 2. The molecular formula is C28H19F2N3O3S2. The van der Waals surface area contributed by atoms with Gasteiger partial charge < -0.3 is 5.11 Å². The molecule has 10 heteroatoms. The largest absolute Gasteiger partial charge is 0.503 e. The number of amides is 1. The Kier molecular flexibility index (Phi) is 7.43. The van der Waals surface area contributed by atoms with Crippen LogP contribution in [0.1, 0.15) is 22.7 Å². The van der Waals surface area contributed by atoms with Crippen LogP contribution < -0.4 is 4.90 Å². The molecule has 4 aromatic rings. The van der Waals surface area contributed by atoms with Crippen LogP contribution in [0.2, 0.25) is 0 Å². The highest BCUT2D eigenvalue weighted by molar-refractivity contribution is 8.00. The molecule has 0 radical (unpaired) electrons. The van der Waals surface area contributed by atoms with E-state index < -0.39 is 29.3 Å².